The van der Waals surface area contributed by atoms with E-state index in [1.807, 2.05) is 29.6 Å². The summed E-state index contributed by atoms with van der Waals surface area (Å²) in [5, 5.41) is 10.3. The van der Waals surface area contributed by atoms with Crippen LogP contribution >= 0.6 is 23.5 Å². The molecule has 0 aliphatic carbocycles. The third-order valence-corrected chi connectivity index (χ3v) is 5.72. The van der Waals surface area contributed by atoms with Crippen LogP contribution in [0, 0.1) is 0 Å². The van der Waals surface area contributed by atoms with E-state index >= 15 is 0 Å². The molecule has 1 aliphatic heterocycles. The first-order valence-corrected chi connectivity index (χ1v) is 8.53. The van der Waals surface area contributed by atoms with Crippen molar-refractivity contribution in [3.63, 3.8) is 0 Å². The number of hydrogen-bond donors (Lipinski definition) is 1. The number of aliphatic hydroxyl groups excluding tert-OH is 1. The van der Waals surface area contributed by atoms with Gasteiger partial charge in [-0.3, -0.25) is 0 Å². The number of rotatable bonds is 5. The molecular formula is C15H20OS2. The molecule has 1 atom stereocenters. The lowest BCUT2D eigenvalue weighted by Crippen LogP contribution is -2.13. The van der Waals surface area contributed by atoms with Gasteiger partial charge in [0, 0.05) is 21.3 Å². The number of thioether (sulfide) groups is 2. The van der Waals surface area contributed by atoms with Crippen molar-refractivity contribution >= 4 is 28.4 Å². The third kappa shape index (κ3) is 3.56. The van der Waals surface area contributed by atoms with E-state index in [9.17, 15) is 5.11 Å². The minimum Gasteiger partial charge on any atom is -0.388 e. The van der Waals surface area contributed by atoms with Gasteiger partial charge >= 0.3 is 0 Å². The van der Waals surface area contributed by atoms with Crippen LogP contribution in [0.25, 0.3) is 4.91 Å². The molecule has 1 aromatic rings. The Kier molecular flexibility index (Phi) is 5.67. The molecular weight excluding hydrogens is 260 g/mol. The molecule has 0 radical (unpaired) electrons. The Morgan fingerprint density at radius 1 is 1.17 bits per heavy atom. The van der Waals surface area contributed by atoms with Crippen molar-refractivity contribution in [1.29, 1.82) is 0 Å². The van der Waals surface area contributed by atoms with E-state index in [0.717, 1.165) is 30.8 Å². The van der Waals surface area contributed by atoms with Gasteiger partial charge in [-0.2, -0.15) is 0 Å². The standard InChI is InChI=1S/C15H20OS2/c1-2-3-9-13(16)15-14(17-10-11-18-15)12-7-5-4-6-8-12/h4-8,13,16H,2-3,9-11H2,1H3. The molecule has 1 aromatic carbocycles. The number of unbranched alkanes of at least 4 members (excludes halogenated alkanes) is 1. The second-order valence-corrected chi connectivity index (χ2v) is 6.66. The van der Waals surface area contributed by atoms with E-state index < -0.39 is 0 Å². The summed E-state index contributed by atoms with van der Waals surface area (Å²) >= 11 is 3.72. The van der Waals surface area contributed by atoms with E-state index in [0.29, 0.717) is 0 Å². The van der Waals surface area contributed by atoms with Gasteiger partial charge in [0.25, 0.3) is 0 Å². The van der Waals surface area contributed by atoms with Crippen molar-refractivity contribution in [2.24, 2.45) is 0 Å². The fraction of sp³-hybridized carbons (Fsp3) is 0.467. The van der Waals surface area contributed by atoms with Crippen LogP contribution in [0.2, 0.25) is 0 Å². The monoisotopic (exact) mass is 280 g/mol. The van der Waals surface area contributed by atoms with Gasteiger partial charge in [0.05, 0.1) is 6.10 Å². The first-order valence-electron chi connectivity index (χ1n) is 6.56. The molecule has 98 valence electrons. The van der Waals surface area contributed by atoms with Crippen molar-refractivity contribution in [3.8, 4) is 0 Å². The number of aliphatic hydroxyl groups is 1. The van der Waals surface area contributed by atoms with Gasteiger partial charge < -0.3 is 5.11 Å². The molecule has 1 heterocycles. The zero-order valence-corrected chi connectivity index (χ0v) is 12.4. The summed E-state index contributed by atoms with van der Waals surface area (Å²) in [5.41, 5.74) is 1.25. The summed E-state index contributed by atoms with van der Waals surface area (Å²) in [6.07, 6.45) is 2.84. The zero-order valence-electron chi connectivity index (χ0n) is 10.8. The third-order valence-electron chi connectivity index (χ3n) is 2.98. The first kappa shape index (κ1) is 14.0. The van der Waals surface area contributed by atoms with Crippen molar-refractivity contribution in [3.05, 3.63) is 40.8 Å². The fourth-order valence-corrected chi connectivity index (χ4v) is 4.61. The zero-order chi connectivity index (χ0) is 12.8. The van der Waals surface area contributed by atoms with E-state index in [1.165, 1.54) is 15.4 Å². The van der Waals surface area contributed by atoms with Crippen LogP contribution in [0.3, 0.4) is 0 Å². The van der Waals surface area contributed by atoms with Gasteiger partial charge in [-0.15, -0.1) is 23.5 Å². The molecule has 1 aliphatic rings. The van der Waals surface area contributed by atoms with Crippen LogP contribution in [0.1, 0.15) is 31.7 Å². The van der Waals surface area contributed by atoms with E-state index in [-0.39, 0.29) is 6.10 Å². The highest BCUT2D eigenvalue weighted by molar-refractivity contribution is 8.13. The summed E-state index contributed by atoms with van der Waals surface area (Å²) < 4.78 is 0. The summed E-state index contributed by atoms with van der Waals surface area (Å²) in [7, 11) is 0. The van der Waals surface area contributed by atoms with Gasteiger partial charge in [-0.1, -0.05) is 50.1 Å². The maximum Gasteiger partial charge on any atom is 0.0859 e. The second-order valence-electron chi connectivity index (χ2n) is 4.41. The molecule has 0 saturated heterocycles. The molecule has 0 amide bonds. The lowest BCUT2D eigenvalue weighted by molar-refractivity contribution is 0.206. The summed E-state index contributed by atoms with van der Waals surface area (Å²) in [5.74, 6) is 2.25. The molecule has 18 heavy (non-hydrogen) atoms. The Bertz CT molecular complexity index is 400. The highest BCUT2D eigenvalue weighted by Gasteiger charge is 2.21. The van der Waals surface area contributed by atoms with Crippen LogP contribution in [0.15, 0.2) is 35.2 Å². The quantitative estimate of drug-likeness (QED) is 0.864. The van der Waals surface area contributed by atoms with Crippen LogP contribution in [0.4, 0.5) is 0 Å². The molecule has 1 nitrogen and oxygen atoms in total. The fourth-order valence-electron chi connectivity index (χ4n) is 2.02. The molecule has 0 fully saturated rings. The summed E-state index contributed by atoms with van der Waals surface area (Å²) in [6.45, 7) is 2.17. The smallest absolute Gasteiger partial charge is 0.0859 e. The van der Waals surface area contributed by atoms with Crippen LogP contribution in [0.5, 0.6) is 0 Å². The minimum absolute atomic E-state index is 0.280. The molecule has 3 heteroatoms. The van der Waals surface area contributed by atoms with E-state index in [1.54, 1.807) is 0 Å². The highest BCUT2D eigenvalue weighted by Crippen LogP contribution is 2.42. The number of benzene rings is 1. The van der Waals surface area contributed by atoms with E-state index in [2.05, 4.69) is 31.2 Å². The maximum absolute atomic E-state index is 10.3. The summed E-state index contributed by atoms with van der Waals surface area (Å²) in [4.78, 5) is 2.47. The Morgan fingerprint density at radius 2 is 1.89 bits per heavy atom. The SMILES string of the molecule is CCCCC(O)C1=C(c2ccccc2)SCCS1. The molecule has 0 saturated carbocycles. The van der Waals surface area contributed by atoms with Crippen LogP contribution in [-0.4, -0.2) is 22.7 Å². The average Bonchev–Trinajstić information content (AvgIpc) is 2.45. The first-order chi connectivity index (χ1) is 8.83. The van der Waals surface area contributed by atoms with Crippen molar-refractivity contribution in [2.45, 2.75) is 32.3 Å². The Morgan fingerprint density at radius 3 is 2.61 bits per heavy atom. The van der Waals surface area contributed by atoms with Gasteiger partial charge in [-0.05, 0) is 12.0 Å². The topological polar surface area (TPSA) is 20.2 Å². The molecule has 0 aromatic heterocycles. The predicted octanol–water partition coefficient (Wildman–Crippen LogP) is 4.39. The Hall–Kier alpha value is -0.380. The van der Waals surface area contributed by atoms with Gasteiger partial charge in [0.15, 0.2) is 0 Å². The lowest BCUT2D eigenvalue weighted by Gasteiger charge is -2.23. The molecule has 1 N–H and O–H groups in total. The lowest BCUT2D eigenvalue weighted by atomic mass is 10.1. The Balaban J connectivity index is 2.23. The largest absolute Gasteiger partial charge is 0.388 e. The van der Waals surface area contributed by atoms with Crippen LogP contribution < -0.4 is 0 Å². The maximum atomic E-state index is 10.3. The van der Waals surface area contributed by atoms with Crippen LogP contribution in [-0.2, 0) is 0 Å². The average molecular weight is 280 g/mol. The van der Waals surface area contributed by atoms with Gasteiger partial charge in [0.2, 0.25) is 0 Å². The Labute approximate surface area is 118 Å². The number of hydrogen-bond acceptors (Lipinski definition) is 3. The second kappa shape index (κ2) is 7.27. The van der Waals surface area contributed by atoms with Gasteiger partial charge in [-0.25, -0.2) is 0 Å². The molecule has 2 rings (SSSR count). The van der Waals surface area contributed by atoms with Crippen molar-refractivity contribution < 1.29 is 5.11 Å². The highest BCUT2D eigenvalue weighted by atomic mass is 32.2. The van der Waals surface area contributed by atoms with Crippen molar-refractivity contribution in [1.82, 2.24) is 0 Å². The van der Waals surface area contributed by atoms with Crippen molar-refractivity contribution in [2.75, 3.05) is 11.5 Å². The molecule has 1 unspecified atom stereocenters. The molecule has 0 bridgehead atoms. The van der Waals surface area contributed by atoms with E-state index in [4.69, 9.17) is 0 Å². The van der Waals surface area contributed by atoms with Gasteiger partial charge in [0.1, 0.15) is 0 Å². The summed E-state index contributed by atoms with van der Waals surface area (Å²) in [6, 6.07) is 10.5. The predicted molar refractivity (Wildman–Crippen MR) is 83.8 cm³/mol. The normalized spacial score (nSPS) is 17.9. The molecule has 0 spiro atoms. The minimum atomic E-state index is -0.280.